The van der Waals surface area contributed by atoms with Gasteiger partial charge in [0.25, 0.3) is 0 Å². The Morgan fingerprint density at radius 3 is 2.56 bits per heavy atom. The Morgan fingerprint density at radius 2 is 2.06 bits per heavy atom. The molecule has 1 amide bonds. The molecule has 0 radical (unpaired) electrons. The lowest BCUT2D eigenvalue weighted by Gasteiger charge is -2.30. The van der Waals surface area contributed by atoms with Crippen molar-refractivity contribution in [1.29, 1.82) is 0 Å². The molecule has 3 nitrogen and oxygen atoms in total. The molecule has 0 heterocycles. The normalized spacial score (nSPS) is 19.1. The predicted molar refractivity (Wildman–Crippen MR) is 82.5 cm³/mol. The highest BCUT2D eigenvalue weighted by Crippen LogP contribution is 2.29. The van der Waals surface area contributed by atoms with Gasteiger partial charge in [-0.2, -0.15) is 0 Å². The molecule has 1 aliphatic rings. The number of hydrogen-bond donors (Lipinski definition) is 2. The second-order valence-corrected chi connectivity index (χ2v) is 6.50. The van der Waals surface area contributed by atoms with Crippen LogP contribution in [0.3, 0.4) is 0 Å². The van der Waals surface area contributed by atoms with Gasteiger partial charge in [0.1, 0.15) is 0 Å². The summed E-state index contributed by atoms with van der Waals surface area (Å²) in [5.74, 6) is 1.24. The molecule has 1 unspecified atom stereocenters. The van der Waals surface area contributed by atoms with E-state index < -0.39 is 0 Å². The van der Waals surface area contributed by atoms with Gasteiger partial charge in [-0.1, -0.05) is 26.2 Å². The molecule has 1 atom stereocenters. The first-order chi connectivity index (χ1) is 8.13. The van der Waals surface area contributed by atoms with E-state index in [2.05, 4.69) is 12.2 Å². The molecule has 0 aromatic carbocycles. The zero-order valence-corrected chi connectivity index (χ0v) is 13.2. The van der Waals surface area contributed by atoms with Crippen LogP contribution >= 0.6 is 24.2 Å². The molecular weight excluding hydrogens is 268 g/mol. The molecular formula is C13H27ClN2OS. The summed E-state index contributed by atoms with van der Waals surface area (Å²) in [4.78, 5) is 12.1. The highest BCUT2D eigenvalue weighted by molar-refractivity contribution is 8.00. The van der Waals surface area contributed by atoms with Crippen LogP contribution in [0.1, 0.15) is 52.4 Å². The van der Waals surface area contributed by atoms with Crippen molar-refractivity contribution in [3.63, 3.8) is 0 Å². The van der Waals surface area contributed by atoms with Crippen molar-refractivity contribution in [3.8, 4) is 0 Å². The molecule has 0 saturated heterocycles. The molecule has 1 saturated carbocycles. The molecule has 0 aromatic heterocycles. The van der Waals surface area contributed by atoms with Gasteiger partial charge in [0, 0.05) is 6.54 Å². The summed E-state index contributed by atoms with van der Waals surface area (Å²) < 4.78 is 0. The molecule has 0 spiro atoms. The quantitative estimate of drug-likeness (QED) is 0.710. The summed E-state index contributed by atoms with van der Waals surface area (Å²) in [6.45, 7) is 4.74. The maximum atomic E-state index is 12.1. The first-order valence-corrected chi connectivity index (χ1v) is 7.82. The summed E-state index contributed by atoms with van der Waals surface area (Å²) in [5, 5.41) is 3.23. The number of halogens is 1. The lowest BCUT2D eigenvalue weighted by Crippen LogP contribution is -2.53. The lowest BCUT2D eigenvalue weighted by atomic mass is 9.98. The fourth-order valence-corrected chi connectivity index (χ4v) is 3.29. The first kappa shape index (κ1) is 18.1. The number of unbranched alkanes of at least 4 members (excludes halogenated alkanes) is 1. The van der Waals surface area contributed by atoms with Gasteiger partial charge in [0.2, 0.25) is 5.91 Å². The Labute approximate surface area is 121 Å². The van der Waals surface area contributed by atoms with E-state index in [1.54, 1.807) is 11.8 Å². The van der Waals surface area contributed by atoms with E-state index in [0.717, 1.165) is 18.6 Å². The van der Waals surface area contributed by atoms with E-state index in [9.17, 15) is 4.79 Å². The predicted octanol–water partition coefficient (Wildman–Crippen LogP) is 2.72. The molecule has 1 rings (SSSR count). The molecule has 5 heteroatoms. The van der Waals surface area contributed by atoms with Gasteiger partial charge in [0.15, 0.2) is 0 Å². The number of carbonyl (C=O) groups excluding carboxylic acids is 1. The topological polar surface area (TPSA) is 55.1 Å². The van der Waals surface area contributed by atoms with Crippen molar-refractivity contribution in [3.05, 3.63) is 0 Å². The summed E-state index contributed by atoms with van der Waals surface area (Å²) in [7, 11) is 0. The minimum Gasteiger partial charge on any atom is -0.348 e. The van der Waals surface area contributed by atoms with Crippen LogP contribution < -0.4 is 11.1 Å². The SMILES string of the molecule is CCCCSC(C)C(=O)NC1(CN)CCCC1.Cl. The summed E-state index contributed by atoms with van der Waals surface area (Å²) in [5.41, 5.74) is 5.72. The monoisotopic (exact) mass is 294 g/mol. The van der Waals surface area contributed by atoms with Gasteiger partial charge in [-0.15, -0.1) is 24.2 Å². The lowest BCUT2D eigenvalue weighted by molar-refractivity contribution is -0.122. The molecule has 0 bridgehead atoms. The number of amides is 1. The van der Waals surface area contributed by atoms with Crippen molar-refractivity contribution < 1.29 is 4.79 Å². The number of hydrogen-bond acceptors (Lipinski definition) is 3. The largest absolute Gasteiger partial charge is 0.348 e. The van der Waals surface area contributed by atoms with Gasteiger partial charge >= 0.3 is 0 Å². The second-order valence-electron chi connectivity index (χ2n) is 5.05. The maximum absolute atomic E-state index is 12.1. The average Bonchev–Trinajstić information content (AvgIpc) is 2.78. The maximum Gasteiger partial charge on any atom is 0.233 e. The molecule has 0 aliphatic heterocycles. The van der Waals surface area contributed by atoms with E-state index >= 15 is 0 Å². The average molecular weight is 295 g/mol. The van der Waals surface area contributed by atoms with Gasteiger partial charge < -0.3 is 11.1 Å². The smallest absolute Gasteiger partial charge is 0.233 e. The highest BCUT2D eigenvalue weighted by Gasteiger charge is 2.34. The first-order valence-electron chi connectivity index (χ1n) is 6.77. The van der Waals surface area contributed by atoms with Crippen molar-refractivity contribution in [2.45, 2.75) is 63.2 Å². The number of nitrogens with one attached hydrogen (secondary N) is 1. The minimum absolute atomic E-state index is 0. The highest BCUT2D eigenvalue weighted by atomic mass is 35.5. The van der Waals surface area contributed by atoms with Gasteiger partial charge in [-0.3, -0.25) is 4.79 Å². The Bertz CT molecular complexity index is 245. The van der Waals surface area contributed by atoms with E-state index in [1.165, 1.54) is 25.7 Å². The minimum atomic E-state index is -0.101. The van der Waals surface area contributed by atoms with Crippen LogP contribution in [-0.4, -0.2) is 29.0 Å². The van der Waals surface area contributed by atoms with Crippen molar-refractivity contribution in [2.24, 2.45) is 5.73 Å². The number of rotatable bonds is 7. The summed E-state index contributed by atoms with van der Waals surface area (Å²) >= 11 is 1.75. The Kier molecular flexibility index (Phi) is 9.09. The number of carbonyl (C=O) groups is 1. The Balaban J connectivity index is 0.00000289. The zero-order chi connectivity index (χ0) is 12.7. The van der Waals surface area contributed by atoms with Crippen molar-refractivity contribution in [1.82, 2.24) is 5.32 Å². The molecule has 1 fully saturated rings. The third-order valence-corrected chi connectivity index (χ3v) is 4.81. The van der Waals surface area contributed by atoms with Crippen molar-refractivity contribution >= 4 is 30.1 Å². The Morgan fingerprint density at radius 1 is 1.44 bits per heavy atom. The van der Waals surface area contributed by atoms with Crippen LogP contribution in [0, 0.1) is 0 Å². The molecule has 18 heavy (non-hydrogen) atoms. The zero-order valence-electron chi connectivity index (χ0n) is 11.5. The standard InChI is InChI=1S/C13H26N2OS.ClH/c1-3-4-9-17-11(2)12(16)15-13(10-14)7-5-6-8-13;/h11H,3-10,14H2,1-2H3,(H,15,16);1H. The number of thioether (sulfide) groups is 1. The fraction of sp³-hybridized carbons (Fsp3) is 0.923. The second kappa shape index (κ2) is 9.05. The van der Waals surface area contributed by atoms with Crippen molar-refractivity contribution in [2.75, 3.05) is 12.3 Å². The molecule has 1 aliphatic carbocycles. The number of nitrogens with two attached hydrogens (primary N) is 1. The molecule has 3 N–H and O–H groups in total. The van der Waals surface area contributed by atoms with E-state index in [0.29, 0.717) is 6.54 Å². The Hall–Kier alpha value is 0.0700. The van der Waals surface area contributed by atoms with E-state index in [4.69, 9.17) is 5.73 Å². The fourth-order valence-electron chi connectivity index (χ4n) is 2.28. The van der Waals surface area contributed by atoms with E-state index in [1.807, 2.05) is 6.92 Å². The van der Waals surface area contributed by atoms with Crippen LogP contribution in [0.25, 0.3) is 0 Å². The third kappa shape index (κ3) is 5.37. The van der Waals surface area contributed by atoms with Gasteiger partial charge in [-0.25, -0.2) is 0 Å². The molecule has 0 aromatic rings. The van der Waals surface area contributed by atoms with Crippen LogP contribution in [-0.2, 0) is 4.79 Å². The van der Waals surface area contributed by atoms with Crippen LogP contribution in [0.15, 0.2) is 0 Å². The van der Waals surface area contributed by atoms with Gasteiger partial charge in [0.05, 0.1) is 10.8 Å². The molecule has 108 valence electrons. The third-order valence-electron chi connectivity index (χ3n) is 3.57. The van der Waals surface area contributed by atoms with Gasteiger partial charge in [-0.05, 0) is 31.9 Å². The van der Waals surface area contributed by atoms with Crippen LogP contribution in [0.2, 0.25) is 0 Å². The van der Waals surface area contributed by atoms with Crippen LogP contribution in [0.4, 0.5) is 0 Å². The summed E-state index contributed by atoms with van der Waals surface area (Å²) in [6, 6.07) is 0. The van der Waals surface area contributed by atoms with E-state index in [-0.39, 0.29) is 29.1 Å². The summed E-state index contributed by atoms with van der Waals surface area (Å²) in [6.07, 6.45) is 6.84. The van der Waals surface area contributed by atoms with Crippen LogP contribution in [0.5, 0.6) is 0 Å².